The lowest BCUT2D eigenvalue weighted by molar-refractivity contribution is 0.102. The standard InChI is InChI=1S/C15H13N5O/c1-10-8-12(4-7-17-10)18-15(21)14-9-13(19-20-14)11-2-5-16-6-3-11/h2-9H,1H3,(H,19,20)(H,17,18,21). The van der Waals surface area contributed by atoms with E-state index in [2.05, 4.69) is 25.5 Å². The zero-order chi connectivity index (χ0) is 14.7. The van der Waals surface area contributed by atoms with Crippen LogP contribution in [0.3, 0.4) is 0 Å². The normalized spacial score (nSPS) is 10.3. The van der Waals surface area contributed by atoms with Crippen molar-refractivity contribution in [3.63, 3.8) is 0 Å². The number of nitrogens with one attached hydrogen (secondary N) is 2. The Bertz CT molecular complexity index is 766. The van der Waals surface area contributed by atoms with Crippen LogP contribution in [0.1, 0.15) is 16.2 Å². The van der Waals surface area contributed by atoms with E-state index < -0.39 is 0 Å². The fraction of sp³-hybridized carbons (Fsp3) is 0.0667. The molecule has 6 nitrogen and oxygen atoms in total. The largest absolute Gasteiger partial charge is 0.321 e. The lowest BCUT2D eigenvalue weighted by atomic mass is 10.2. The van der Waals surface area contributed by atoms with Crippen LogP contribution in [-0.2, 0) is 0 Å². The third-order valence-corrected chi connectivity index (χ3v) is 2.95. The molecular formula is C15H13N5O. The van der Waals surface area contributed by atoms with Crippen molar-refractivity contribution in [2.75, 3.05) is 5.32 Å². The van der Waals surface area contributed by atoms with Crippen molar-refractivity contribution < 1.29 is 4.79 Å². The Morgan fingerprint density at radius 3 is 2.71 bits per heavy atom. The summed E-state index contributed by atoms with van der Waals surface area (Å²) in [7, 11) is 0. The number of anilines is 1. The van der Waals surface area contributed by atoms with Crippen LogP contribution in [0.25, 0.3) is 11.3 Å². The monoisotopic (exact) mass is 279 g/mol. The molecule has 6 heteroatoms. The first-order valence-corrected chi connectivity index (χ1v) is 6.42. The minimum atomic E-state index is -0.242. The van der Waals surface area contributed by atoms with Crippen LogP contribution in [0.4, 0.5) is 5.69 Å². The van der Waals surface area contributed by atoms with Crippen molar-refractivity contribution in [2.45, 2.75) is 6.92 Å². The lowest BCUT2D eigenvalue weighted by Crippen LogP contribution is -2.12. The van der Waals surface area contributed by atoms with Crippen LogP contribution in [0.5, 0.6) is 0 Å². The summed E-state index contributed by atoms with van der Waals surface area (Å²) < 4.78 is 0. The highest BCUT2D eigenvalue weighted by Gasteiger charge is 2.11. The molecule has 3 aromatic rings. The smallest absolute Gasteiger partial charge is 0.273 e. The van der Waals surface area contributed by atoms with E-state index in [4.69, 9.17) is 0 Å². The average Bonchev–Trinajstić information content (AvgIpc) is 2.98. The maximum atomic E-state index is 12.2. The Hall–Kier alpha value is -3.02. The number of aryl methyl sites for hydroxylation is 1. The maximum Gasteiger partial charge on any atom is 0.273 e. The van der Waals surface area contributed by atoms with Crippen molar-refractivity contribution in [3.05, 3.63) is 60.3 Å². The number of rotatable bonds is 3. The van der Waals surface area contributed by atoms with Gasteiger partial charge in [0.1, 0.15) is 5.69 Å². The Labute approximate surface area is 121 Å². The fourth-order valence-corrected chi connectivity index (χ4v) is 1.93. The molecule has 0 fully saturated rings. The number of carbonyl (C=O) groups is 1. The number of hydrogen-bond acceptors (Lipinski definition) is 4. The summed E-state index contributed by atoms with van der Waals surface area (Å²) >= 11 is 0. The van der Waals surface area contributed by atoms with E-state index >= 15 is 0 Å². The molecule has 0 unspecified atom stereocenters. The summed E-state index contributed by atoms with van der Waals surface area (Å²) in [4.78, 5) is 20.2. The first kappa shape index (κ1) is 13.0. The summed E-state index contributed by atoms with van der Waals surface area (Å²) in [6.45, 7) is 1.87. The first-order valence-electron chi connectivity index (χ1n) is 6.42. The number of H-pyrrole nitrogens is 1. The number of pyridine rings is 2. The van der Waals surface area contributed by atoms with E-state index in [1.165, 1.54) is 0 Å². The molecule has 3 rings (SSSR count). The number of aromatic amines is 1. The Morgan fingerprint density at radius 2 is 1.95 bits per heavy atom. The van der Waals surface area contributed by atoms with Crippen LogP contribution in [0, 0.1) is 6.92 Å². The highest BCUT2D eigenvalue weighted by Crippen LogP contribution is 2.17. The second kappa shape index (κ2) is 5.54. The first-order chi connectivity index (χ1) is 10.2. The van der Waals surface area contributed by atoms with Crippen LogP contribution >= 0.6 is 0 Å². The van der Waals surface area contributed by atoms with Gasteiger partial charge in [0.2, 0.25) is 0 Å². The van der Waals surface area contributed by atoms with Gasteiger partial charge < -0.3 is 5.32 Å². The van der Waals surface area contributed by atoms with Crippen LogP contribution < -0.4 is 5.32 Å². The third-order valence-electron chi connectivity index (χ3n) is 2.95. The van der Waals surface area contributed by atoms with Gasteiger partial charge in [0.25, 0.3) is 5.91 Å². The molecule has 0 aliphatic rings. The number of aromatic nitrogens is 4. The molecule has 3 heterocycles. The van der Waals surface area contributed by atoms with Gasteiger partial charge in [-0.1, -0.05) is 0 Å². The molecule has 0 aromatic carbocycles. The zero-order valence-corrected chi connectivity index (χ0v) is 11.4. The summed E-state index contributed by atoms with van der Waals surface area (Å²) in [6, 6.07) is 8.93. The van der Waals surface area contributed by atoms with E-state index in [-0.39, 0.29) is 5.91 Å². The number of hydrogen-bond donors (Lipinski definition) is 2. The zero-order valence-electron chi connectivity index (χ0n) is 11.4. The van der Waals surface area contributed by atoms with Gasteiger partial charge in [-0.2, -0.15) is 5.10 Å². The second-order valence-corrected chi connectivity index (χ2v) is 4.54. The molecule has 0 saturated heterocycles. The predicted molar refractivity (Wildman–Crippen MR) is 78.7 cm³/mol. The van der Waals surface area contributed by atoms with Gasteiger partial charge in [0, 0.05) is 35.5 Å². The van der Waals surface area contributed by atoms with Crippen LogP contribution in [0.2, 0.25) is 0 Å². The summed E-state index contributed by atoms with van der Waals surface area (Å²) in [5, 5.41) is 9.68. The van der Waals surface area contributed by atoms with Gasteiger partial charge in [-0.05, 0) is 37.3 Å². The number of carbonyl (C=O) groups excluding carboxylic acids is 1. The SMILES string of the molecule is Cc1cc(NC(=O)c2cc(-c3ccncc3)n[nH]2)ccn1. The predicted octanol–water partition coefficient (Wildman–Crippen LogP) is 2.43. The van der Waals surface area contributed by atoms with Gasteiger partial charge in [-0.3, -0.25) is 19.9 Å². The third kappa shape index (κ3) is 2.94. The average molecular weight is 279 g/mol. The maximum absolute atomic E-state index is 12.2. The van der Waals surface area contributed by atoms with E-state index in [9.17, 15) is 4.79 Å². The van der Waals surface area contributed by atoms with Gasteiger partial charge in [0.15, 0.2) is 0 Å². The molecule has 21 heavy (non-hydrogen) atoms. The summed E-state index contributed by atoms with van der Waals surface area (Å²) in [5.74, 6) is -0.242. The lowest BCUT2D eigenvalue weighted by Gasteiger charge is -2.03. The molecule has 0 bridgehead atoms. The molecule has 0 aliphatic heterocycles. The minimum absolute atomic E-state index is 0.242. The molecular weight excluding hydrogens is 266 g/mol. The van der Waals surface area contributed by atoms with Crippen molar-refractivity contribution in [2.24, 2.45) is 0 Å². The molecule has 0 atom stereocenters. The number of nitrogens with zero attached hydrogens (tertiary/aromatic N) is 3. The van der Waals surface area contributed by atoms with Crippen molar-refractivity contribution in [1.82, 2.24) is 20.2 Å². The quantitative estimate of drug-likeness (QED) is 0.771. The topological polar surface area (TPSA) is 83.6 Å². The molecule has 0 spiro atoms. The molecule has 104 valence electrons. The highest BCUT2D eigenvalue weighted by molar-refractivity contribution is 6.03. The van der Waals surface area contributed by atoms with Crippen LogP contribution in [-0.4, -0.2) is 26.1 Å². The van der Waals surface area contributed by atoms with Gasteiger partial charge >= 0.3 is 0 Å². The van der Waals surface area contributed by atoms with E-state index in [0.717, 1.165) is 11.3 Å². The van der Waals surface area contributed by atoms with Crippen molar-refractivity contribution in [1.29, 1.82) is 0 Å². The Morgan fingerprint density at radius 1 is 1.14 bits per heavy atom. The van der Waals surface area contributed by atoms with E-state index in [1.807, 2.05) is 19.1 Å². The summed E-state index contributed by atoms with van der Waals surface area (Å²) in [6.07, 6.45) is 5.02. The molecule has 3 aromatic heterocycles. The molecule has 2 N–H and O–H groups in total. The van der Waals surface area contributed by atoms with E-state index in [1.54, 1.807) is 36.8 Å². The highest BCUT2D eigenvalue weighted by atomic mass is 16.1. The Kier molecular flexibility index (Phi) is 3.42. The van der Waals surface area contributed by atoms with Gasteiger partial charge in [0.05, 0.1) is 5.69 Å². The molecule has 0 aliphatic carbocycles. The van der Waals surface area contributed by atoms with Crippen molar-refractivity contribution in [3.8, 4) is 11.3 Å². The van der Waals surface area contributed by atoms with Crippen molar-refractivity contribution >= 4 is 11.6 Å². The van der Waals surface area contributed by atoms with Crippen LogP contribution in [0.15, 0.2) is 48.9 Å². The molecule has 0 saturated carbocycles. The number of amides is 1. The summed E-state index contributed by atoms with van der Waals surface area (Å²) in [5.41, 5.74) is 3.55. The minimum Gasteiger partial charge on any atom is -0.321 e. The Balaban J connectivity index is 1.78. The molecule has 0 radical (unpaired) electrons. The van der Waals surface area contributed by atoms with Gasteiger partial charge in [-0.15, -0.1) is 0 Å². The molecule has 1 amide bonds. The van der Waals surface area contributed by atoms with Gasteiger partial charge in [-0.25, -0.2) is 0 Å². The second-order valence-electron chi connectivity index (χ2n) is 4.54. The fourth-order valence-electron chi connectivity index (χ4n) is 1.93. The van der Waals surface area contributed by atoms with E-state index in [0.29, 0.717) is 17.1 Å².